The summed E-state index contributed by atoms with van der Waals surface area (Å²) in [5.41, 5.74) is 6.31. The molecule has 4 nitrogen and oxygen atoms in total. The number of aromatic nitrogens is 2. The van der Waals surface area contributed by atoms with Gasteiger partial charge in [0.2, 0.25) is 0 Å². The lowest BCUT2D eigenvalue weighted by atomic mass is 10.1. The second-order valence-electron chi connectivity index (χ2n) is 6.25. The number of nitrogens with zero attached hydrogens (tertiary/aromatic N) is 2. The number of benzene rings is 1. The van der Waals surface area contributed by atoms with Gasteiger partial charge in [-0.1, -0.05) is 23.8 Å². The average Bonchev–Trinajstić information content (AvgIpc) is 3.07. The zero-order chi connectivity index (χ0) is 17.8. The highest BCUT2D eigenvalue weighted by atomic mass is 16.1. The minimum Gasteiger partial charge on any atom is -0.347 e. The van der Waals surface area contributed by atoms with Crippen molar-refractivity contribution in [2.24, 2.45) is 0 Å². The number of amides is 1. The predicted octanol–water partition coefficient (Wildman–Crippen LogP) is 4.12. The molecule has 1 aromatic carbocycles. The minimum atomic E-state index is -0.0527. The molecule has 0 aliphatic rings. The van der Waals surface area contributed by atoms with E-state index in [1.807, 2.05) is 35.9 Å². The van der Waals surface area contributed by atoms with Gasteiger partial charge in [0.25, 0.3) is 5.91 Å². The van der Waals surface area contributed by atoms with Crippen LogP contribution in [-0.2, 0) is 13.1 Å². The van der Waals surface area contributed by atoms with Crippen molar-refractivity contribution < 1.29 is 4.79 Å². The number of carbonyl (C=O) groups is 1. The first-order valence-electron chi connectivity index (χ1n) is 8.53. The lowest BCUT2D eigenvalue weighted by molar-refractivity contribution is 0.0941. The standard InChI is InChI=1S/C21H23N3O/c1-4-24-14-19(17-7-9-22-10-8-17)12-20(24)21(25)23-13-18-11-15(2)5-6-16(18)3/h5-12,14H,4,13H2,1-3H3,(H,23,25). The quantitative estimate of drug-likeness (QED) is 0.763. The van der Waals surface area contributed by atoms with Crippen LogP contribution in [0.15, 0.2) is 55.0 Å². The van der Waals surface area contributed by atoms with E-state index >= 15 is 0 Å². The van der Waals surface area contributed by atoms with Crippen LogP contribution in [0.25, 0.3) is 11.1 Å². The van der Waals surface area contributed by atoms with Crippen LogP contribution in [0.5, 0.6) is 0 Å². The van der Waals surface area contributed by atoms with Crippen LogP contribution in [0.2, 0.25) is 0 Å². The summed E-state index contributed by atoms with van der Waals surface area (Å²) >= 11 is 0. The number of hydrogen-bond acceptors (Lipinski definition) is 2. The van der Waals surface area contributed by atoms with Crippen molar-refractivity contribution in [1.29, 1.82) is 0 Å². The monoisotopic (exact) mass is 333 g/mol. The number of nitrogens with one attached hydrogen (secondary N) is 1. The zero-order valence-corrected chi connectivity index (χ0v) is 14.9. The van der Waals surface area contributed by atoms with Crippen LogP contribution in [-0.4, -0.2) is 15.5 Å². The first-order chi connectivity index (χ1) is 12.1. The summed E-state index contributed by atoms with van der Waals surface area (Å²) in [6, 6.07) is 12.1. The molecule has 0 aliphatic heterocycles. The SMILES string of the molecule is CCn1cc(-c2ccncc2)cc1C(=O)NCc1cc(C)ccc1C. The lowest BCUT2D eigenvalue weighted by Gasteiger charge is -2.10. The van der Waals surface area contributed by atoms with Crippen LogP contribution >= 0.6 is 0 Å². The molecular weight excluding hydrogens is 310 g/mol. The number of rotatable bonds is 5. The number of carbonyl (C=O) groups excluding carboxylic acids is 1. The van der Waals surface area contributed by atoms with Crippen LogP contribution in [0.4, 0.5) is 0 Å². The van der Waals surface area contributed by atoms with Crippen molar-refractivity contribution >= 4 is 5.91 Å². The number of pyridine rings is 1. The largest absolute Gasteiger partial charge is 0.347 e. The lowest BCUT2D eigenvalue weighted by Crippen LogP contribution is -2.25. The Hall–Kier alpha value is -2.88. The van der Waals surface area contributed by atoms with Crippen LogP contribution in [0, 0.1) is 13.8 Å². The molecule has 2 aromatic heterocycles. The molecular formula is C21H23N3O. The Morgan fingerprint density at radius 3 is 2.56 bits per heavy atom. The molecule has 4 heteroatoms. The molecule has 25 heavy (non-hydrogen) atoms. The van der Waals surface area contributed by atoms with E-state index in [-0.39, 0.29) is 5.91 Å². The van der Waals surface area contributed by atoms with E-state index in [9.17, 15) is 4.79 Å². The molecule has 0 aliphatic carbocycles. The molecule has 0 saturated heterocycles. The Labute approximate surface area is 148 Å². The summed E-state index contributed by atoms with van der Waals surface area (Å²) in [7, 11) is 0. The summed E-state index contributed by atoms with van der Waals surface area (Å²) in [5, 5.41) is 3.05. The fourth-order valence-electron chi connectivity index (χ4n) is 2.92. The van der Waals surface area contributed by atoms with E-state index in [0.29, 0.717) is 12.2 Å². The Morgan fingerprint density at radius 1 is 1.08 bits per heavy atom. The maximum atomic E-state index is 12.7. The Bertz CT molecular complexity index is 881. The van der Waals surface area contributed by atoms with Crippen LogP contribution in [0.1, 0.15) is 34.1 Å². The van der Waals surface area contributed by atoms with Crippen molar-refractivity contribution in [3.8, 4) is 11.1 Å². The third-order valence-corrected chi connectivity index (χ3v) is 4.43. The van der Waals surface area contributed by atoms with Gasteiger partial charge in [0.05, 0.1) is 0 Å². The van der Waals surface area contributed by atoms with Crippen LogP contribution in [0.3, 0.4) is 0 Å². The molecule has 1 amide bonds. The van der Waals surface area contributed by atoms with Crippen molar-refractivity contribution in [3.05, 3.63) is 77.4 Å². The second-order valence-corrected chi connectivity index (χ2v) is 6.25. The summed E-state index contributed by atoms with van der Waals surface area (Å²) < 4.78 is 1.98. The van der Waals surface area contributed by atoms with Crippen LogP contribution < -0.4 is 5.32 Å². The molecule has 0 fully saturated rings. The molecule has 0 radical (unpaired) electrons. The molecule has 3 rings (SSSR count). The third kappa shape index (κ3) is 3.79. The van der Waals surface area contributed by atoms with E-state index in [4.69, 9.17) is 0 Å². The van der Waals surface area contributed by atoms with E-state index in [1.165, 1.54) is 11.1 Å². The van der Waals surface area contributed by atoms with E-state index in [0.717, 1.165) is 23.2 Å². The summed E-state index contributed by atoms with van der Waals surface area (Å²) in [6.45, 7) is 7.45. The van der Waals surface area contributed by atoms with Crippen molar-refractivity contribution in [2.75, 3.05) is 0 Å². The Balaban J connectivity index is 1.80. The van der Waals surface area contributed by atoms with Gasteiger partial charge < -0.3 is 9.88 Å². The van der Waals surface area contributed by atoms with Gasteiger partial charge in [-0.3, -0.25) is 9.78 Å². The zero-order valence-electron chi connectivity index (χ0n) is 14.9. The van der Waals surface area contributed by atoms with Gasteiger partial charge in [0.15, 0.2) is 0 Å². The highest BCUT2D eigenvalue weighted by Gasteiger charge is 2.14. The second kappa shape index (κ2) is 7.34. The van der Waals surface area contributed by atoms with Gasteiger partial charge in [-0.25, -0.2) is 0 Å². The molecule has 0 unspecified atom stereocenters. The number of aryl methyl sites for hydroxylation is 3. The molecule has 0 bridgehead atoms. The van der Waals surface area contributed by atoms with Gasteiger partial charge in [-0.2, -0.15) is 0 Å². The Morgan fingerprint density at radius 2 is 1.84 bits per heavy atom. The van der Waals surface area contributed by atoms with Gasteiger partial charge in [-0.05, 0) is 55.7 Å². The summed E-state index contributed by atoms with van der Waals surface area (Å²) in [6.07, 6.45) is 5.54. The smallest absolute Gasteiger partial charge is 0.268 e. The van der Waals surface area contributed by atoms with E-state index < -0.39 is 0 Å². The molecule has 0 spiro atoms. The van der Waals surface area contributed by atoms with Gasteiger partial charge in [-0.15, -0.1) is 0 Å². The normalized spacial score (nSPS) is 10.7. The Kier molecular flexibility index (Phi) is 4.98. The molecule has 1 N–H and O–H groups in total. The molecule has 0 saturated carbocycles. The fraction of sp³-hybridized carbons (Fsp3) is 0.238. The topological polar surface area (TPSA) is 46.9 Å². The predicted molar refractivity (Wildman–Crippen MR) is 100 cm³/mol. The molecule has 2 heterocycles. The summed E-state index contributed by atoms with van der Waals surface area (Å²) in [5.74, 6) is -0.0527. The maximum absolute atomic E-state index is 12.7. The molecule has 3 aromatic rings. The molecule has 0 atom stereocenters. The summed E-state index contributed by atoms with van der Waals surface area (Å²) in [4.78, 5) is 16.7. The first kappa shape index (κ1) is 17.0. The number of hydrogen-bond donors (Lipinski definition) is 1. The fourth-order valence-corrected chi connectivity index (χ4v) is 2.92. The highest BCUT2D eigenvalue weighted by molar-refractivity contribution is 5.94. The highest BCUT2D eigenvalue weighted by Crippen LogP contribution is 2.22. The van der Waals surface area contributed by atoms with E-state index in [2.05, 4.69) is 42.3 Å². The average molecular weight is 333 g/mol. The third-order valence-electron chi connectivity index (χ3n) is 4.43. The molecule has 128 valence electrons. The van der Waals surface area contributed by atoms with Gasteiger partial charge in [0, 0.05) is 37.2 Å². The van der Waals surface area contributed by atoms with Crippen molar-refractivity contribution in [3.63, 3.8) is 0 Å². The minimum absolute atomic E-state index is 0.0527. The van der Waals surface area contributed by atoms with Gasteiger partial charge in [0.1, 0.15) is 5.69 Å². The van der Waals surface area contributed by atoms with Crippen molar-refractivity contribution in [1.82, 2.24) is 14.9 Å². The first-order valence-corrected chi connectivity index (χ1v) is 8.53. The maximum Gasteiger partial charge on any atom is 0.268 e. The van der Waals surface area contributed by atoms with Gasteiger partial charge >= 0.3 is 0 Å². The van der Waals surface area contributed by atoms with Crippen molar-refractivity contribution in [2.45, 2.75) is 33.9 Å². The van der Waals surface area contributed by atoms with E-state index in [1.54, 1.807) is 12.4 Å².